The number of nitrogens with one attached hydrogen (secondary N) is 1. The predicted molar refractivity (Wildman–Crippen MR) is 86.0 cm³/mol. The van der Waals surface area contributed by atoms with Crippen LogP contribution in [0.4, 0.5) is 10.9 Å². The molecule has 1 unspecified atom stereocenters. The second-order valence-corrected chi connectivity index (χ2v) is 6.57. The second-order valence-electron chi connectivity index (χ2n) is 5.68. The number of rotatable bonds is 4. The summed E-state index contributed by atoms with van der Waals surface area (Å²) in [6.45, 7) is 7.61. The van der Waals surface area contributed by atoms with Gasteiger partial charge >= 0.3 is 0 Å². The third-order valence-electron chi connectivity index (χ3n) is 3.82. The van der Waals surface area contributed by atoms with E-state index in [2.05, 4.69) is 45.1 Å². The zero-order chi connectivity index (χ0) is 14.8. The van der Waals surface area contributed by atoms with E-state index in [4.69, 9.17) is 0 Å². The molecule has 0 saturated carbocycles. The molecule has 0 amide bonds. The SMILES string of the molecule is Cc1nc(Nc2nccs2)cc(C2CCCN2C(C)C)n1. The average molecular weight is 303 g/mol. The molecule has 0 aliphatic carbocycles. The minimum atomic E-state index is 0.406. The normalized spacial score (nSPS) is 19.3. The van der Waals surface area contributed by atoms with Crippen molar-refractivity contribution >= 4 is 22.3 Å². The fourth-order valence-electron chi connectivity index (χ4n) is 2.94. The fourth-order valence-corrected chi connectivity index (χ4v) is 3.48. The number of nitrogens with zero attached hydrogens (tertiary/aromatic N) is 4. The van der Waals surface area contributed by atoms with Gasteiger partial charge in [-0.2, -0.15) is 0 Å². The van der Waals surface area contributed by atoms with Crippen molar-refractivity contribution in [3.05, 3.63) is 29.2 Å². The third kappa shape index (κ3) is 3.22. The highest BCUT2D eigenvalue weighted by molar-refractivity contribution is 7.13. The number of hydrogen-bond donors (Lipinski definition) is 1. The Kier molecular flexibility index (Phi) is 4.17. The maximum Gasteiger partial charge on any atom is 0.188 e. The van der Waals surface area contributed by atoms with Gasteiger partial charge in [0, 0.05) is 23.7 Å². The molecule has 6 heteroatoms. The van der Waals surface area contributed by atoms with Crippen LogP contribution in [0.2, 0.25) is 0 Å². The van der Waals surface area contributed by atoms with E-state index in [1.54, 1.807) is 17.5 Å². The van der Waals surface area contributed by atoms with Crippen LogP contribution in [0.5, 0.6) is 0 Å². The molecule has 1 aliphatic heterocycles. The van der Waals surface area contributed by atoms with Crippen molar-refractivity contribution in [3.63, 3.8) is 0 Å². The van der Waals surface area contributed by atoms with E-state index >= 15 is 0 Å². The largest absolute Gasteiger partial charge is 0.316 e. The van der Waals surface area contributed by atoms with Crippen LogP contribution >= 0.6 is 11.3 Å². The fraction of sp³-hybridized carbons (Fsp3) is 0.533. The van der Waals surface area contributed by atoms with E-state index < -0.39 is 0 Å². The molecule has 1 N–H and O–H groups in total. The summed E-state index contributed by atoms with van der Waals surface area (Å²) in [5, 5.41) is 6.09. The molecule has 0 bridgehead atoms. The maximum atomic E-state index is 4.67. The Bertz CT molecular complexity index is 596. The summed E-state index contributed by atoms with van der Waals surface area (Å²) in [5.74, 6) is 1.64. The first kappa shape index (κ1) is 14.4. The van der Waals surface area contributed by atoms with Gasteiger partial charge < -0.3 is 5.32 Å². The lowest BCUT2D eigenvalue weighted by Gasteiger charge is -2.28. The molecular formula is C15H21N5S. The number of thiazole rings is 1. The predicted octanol–water partition coefficient (Wildman–Crippen LogP) is 3.53. The molecule has 1 aliphatic rings. The number of hydrogen-bond acceptors (Lipinski definition) is 6. The molecule has 1 saturated heterocycles. The van der Waals surface area contributed by atoms with E-state index in [0.717, 1.165) is 29.0 Å². The van der Waals surface area contributed by atoms with Gasteiger partial charge in [0.1, 0.15) is 11.6 Å². The average Bonchev–Trinajstić information content (AvgIpc) is 3.08. The summed E-state index contributed by atoms with van der Waals surface area (Å²) in [7, 11) is 0. The van der Waals surface area contributed by atoms with Crippen molar-refractivity contribution in [2.75, 3.05) is 11.9 Å². The van der Waals surface area contributed by atoms with Crippen molar-refractivity contribution in [1.29, 1.82) is 0 Å². The van der Waals surface area contributed by atoms with Crippen LogP contribution in [0, 0.1) is 6.92 Å². The molecule has 1 fully saturated rings. The minimum absolute atomic E-state index is 0.406. The highest BCUT2D eigenvalue weighted by Gasteiger charge is 2.29. The second kappa shape index (κ2) is 6.07. The van der Waals surface area contributed by atoms with Crippen molar-refractivity contribution in [2.24, 2.45) is 0 Å². The van der Waals surface area contributed by atoms with E-state index in [1.165, 1.54) is 12.8 Å². The van der Waals surface area contributed by atoms with Gasteiger partial charge in [0.2, 0.25) is 0 Å². The summed E-state index contributed by atoms with van der Waals surface area (Å²) >= 11 is 1.57. The van der Waals surface area contributed by atoms with Crippen molar-refractivity contribution in [3.8, 4) is 0 Å². The lowest BCUT2D eigenvalue weighted by molar-refractivity contribution is 0.202. The van der Waals surface area contributed by atoms with Gasteiger partial charge in [0.15, 0.2) is 5.13 Å². The molecule has 0 radical (unpaired) electrons. The van der Waals surface area contributed by atoms with Crippen LogP contribution < -0.4 is 5.32 Å². The lowest BCUT2D eigenvalue weighted by atomic mass is 10.1. The number of anilines is 2. The summed E-state index contributed by atoms with van der Waals surface area (Å²) < 4.78 is 0. The van der Waals surface area contributed by atoms with Crippen molar-refractivity contribution < 1.29 is 0 Å². The Balaban J connectivity index is 1.87. The van der Waals surface area contributed by atoms with Gasteiger partial charge in [-0.1, -0.05) is 0 Å². The Morgan fingerprint density at radius 3 is 2.95 bits per heavy atom. The van der Waals surface area contributed by atoms with Crippen molar-refractivity contribution in [1.82, 2.24) is 19.9 Å². The Morgan fingerprint density at radius 1 is 1.38 bits per heavy atom. The van der Waals surface area contributed by atoms with Crippen LogP contribution in [0.1, 0.15) is 44.2 Å². The molecule has 0 aromatic carbocycles. The lowest BCUT2D eigenvalue weighted by Crippen LogP contribution is -2.30. The van der Waals surface area contributed by atoms with Crippen LogP contribution in [-0.2, 0) is 0 Å². The summed E-state index contributed by atoms with van der Waals surface area (Å²) in [6, 6.07) is 3.02. The zero-order valence-electron chi connectivity index (χ0n) is 12.7. The van der Waals surface area contributed by atoms with Gasteiger partial charge in [-0.25, -0.2) is 15.0 Å². The molecule has 0 spiro atoms. The first-order valence-corrected chi connectivity index (χ1v) is 8.29. The molecule has 5 nitrogen and oxygen atoms in total. The third-order valence-corrected chi connectivity index (χ3v) is 4.51. The van der Waals surface area contributed by atoms with Crippen molar-refractivity contribution in [2.45, 2.75) is 45.7 Å². The van der Waals surface area contributed by atoms with Gasteiger partial charge in [0.25, 0.3) is 0 Å². The molecule has 3 heterocycles. The highest BCUT2D eigenvalue weighted by Crippen LogP contribution is 2.33. The first-order chi connectivity index (χ1) is 10.1. The number of aryl methyl sites for hydroxylation is 1. The standard InChI is InChI=1S/C15H21N5S/c1-10(2)20-7-4-5-13(20)12-9-14(18-11(3)17-12)19-15-16-6-8-21-15/h6,8-10,13H,4-5,7H2,1-3H3,(H,16,17,18,19). The van der Waals surface area contributed by atoms with Crippen LogP contribution in [-0.4, -0.2) is 32.4 Å². The van der Waals surface area contributed by atoms with E-state index in [0.29, 0.717) is 12.1 Å². The first-order valence-electron chi connectivity index (χ1n) is 7.41. The summed E-state index contributed by atoms with van der Waals surface area (Å²) in [6.07, 6.45) is 4.20. The molecular weight excluding hydrogens is 282 g/mol. The van der Waals surface area contributed by atoms with E-state index in [1.807, 2.05) is 12.3 Å². The summed E-state index contributed by atoms with van der Waals surface area (Å²) in [5.41, 5.74) is 1.12. The van der Waals surface area contributed by atoms with Crippen LogP contribution in [0.25, 0.3) is 0 Å². The molecule has 2 aromatic rings. The Hall–Kier alpha value is -1.53. The summed E-state index contributed by atoms with van der Waals surface area (Å²) in [4.78, 5) is 15.9. The van der Waals surface area contributed by atoms with Gasteiger partial charge in [-0.05, 0) is 40.2 Å². The van der Waals surface area contributed by atoms with Gasteiger partial charge in [0.05, 0.1) is 11.7 Å². The smallest absolute Gasteiger partial charge is 0.188 e. The molecule has 1 atom stereocenters. The molecule has 3 rings (SSSR count). The highest BCUT2D eigenvalue weighted by atomic mass is 32.1. The minimum Gasteiger partial charge on any atom is -0.316 e. The van der Waals surface area contributed by atoms with E-state index in [9.17, 15) is 0 Å². The molecule has 2 aromatic heterocycles. The number of likely N-dealkylation sites (tertiary alicyclic amines) is 1. The van der Waals surface area contributed by atoms with E-state index in [-0.39, 0.29) is 0 Å². The monoisotopic (exact) mass is 303 g/mol. The number of aromatic nitrogens is 3. The van der Waals surface area contributed by atoms with Crippen LogP contribution in [0.3, 0.4) is 0 Å². The van der Waals surface area contributed by atoms with Crippen LogP contribution in [0.15, 0.2) is 17.6 Å². The Morgan fingerprint density at radius 2 is 2.24 bits per heavy atom. The Labute approximate surface area is 129 Å². The maximum absolute atomic E-state index is 4.67. The van der Waals surface area contributed by atoms with Gasteiger partial charge in [-0.15, -0.1) is 11.3 Å². The topological polar surface area (TPSA) is 53.9 Å². The molecule has 112 valence electrons. The zero-order valence-corrected chi connectivity index (χ0v) is 13.5. The quantitative estimate of drug-likeness (QED) is 0.936. The molecule has 21 heavy (non-hydrogen) atoms. The van der Waals surface area contributed by atoms with Gasteiger partial charge in [-0.3, -0.25) is 4.90 Å².